The first-order valence-electron chi connectivity index (χ1n) is 10.1. The standard InChI is InChI=1S/C20H24Cl2N6O2S/c1-13-8-18(31(29,30)28-6-2-3-7-28)5-4-14(13)12-23-19-25-20(27-26-19)24-17-10-15(21)9-16(22)11-17/h4-5,8-11,13-14H,2-3,6-7,12H2,1H3,(H3,23,24,25,26,27). The Morgan fingerprint density at radius 3 is 2.58 bits per heavy atom. The summed E-state index contributed by atoms with van der Waals surface area (Å²) in [6.45, 7) is 3.82. The van der Waals surface area contributed by atoms with Gasteiger partial charge in [-0.3, -0.25) is 0 Å². The van der Waals surface area contributed by atoms with E-state index >= 15 is 0 Å². The Hall–Kier alpha value is -2.07. The number of sulfonamides is 1. The average Bonchev–Trinajstić information content (AvgIpc) is 3.38. The van der Waals surface area contributed by atoms with Gasteiger partial charge in [0.1, 0.15) is 0 Å². The number of nitrogens with one attached hydrogen (secondary N) is 3. The molecule has 1 aliphatic carbocycles. The largest absolute Gasteiger partial charge is 0.354 e. The number of benzene rings is 1. The van der Waals surface area contributed by atoms with Gasteiger partial charge >= 0.3 is 0 Å². The SMILES string of the molecule is CC1C=C(S(=O)(=O)N2CCCC2)C=CC1CNc1nc(Nc2cc(Cl)cc(Cl)c2)n[nH]1. The van der Waals surface area contributed by atoms with E-state index in [2.05, 4.69) is 25.8 Å². The topological polar surface area (TPSA) is 103 Å². The third kappa shape index (κ3) is 5.23. The van der Waals surface area contributed by atoms with E-state index in [4.69, 9.17) is 23.2 Å². The van der Waals surface area contributed by atoms with Gasteiger partial charge in [-0.25, -0.2) is 13.5 Å². The highest BCUT2D eigenvalue weighted by molar-refractivity contribution is 7.93. The third-order valence-corrected chi connectivity index (χ3v) is 7.77. The highest BCUT2D eigenvalue weighted by atomic mass is 35.5. The predicted molar refractivity (Wildman–Crippen MR) is 124 cm³/mol. The van der Waals surface area contributed by atoms with Gasteiger partial charge in [-0.15, -0.1) is 5.10 Å². The molecular formula is C20H24Cl2N6O2S. The van der Waals surface area contributed by atoms with Crippen molar-refractivity contribution in [2.75, 3.05) is 30.3 Å². The maximum atomic E-state index is 12.8. The number of nitrogens with zero attached hydrogens (tertiary/aromatic N) is 3. The van der Waals surface area contributed by atoms with E-state index in [0.717, 1.165) is 12.8 Å². The maximum Gasteiger partial charge on any atom is 0.248 e. The Morgan fingerprint density at radius 2 is 1.90 bits per heavy atom. The molecule has 0 radical (unpaired) electrons. The molecule has 2 aliphatic rings. The molecule has 2 atom stereocenters. The molecule has 0 spiro atoms. The summed E-state index contributed by atoms with van der Waals surface area (Å²) in [7, 11) is -3.39. The summed E-state index contributed by atoms with van der Waals surface area (Å²) in [5.74, 6) is 1.09. The summed E-state index contributed by atoms with van der Waals surface area (Å²) in [5.41, 5.74) is 0.684. The number of H-pyrrole nitrogens is 1. The fourth-order valence-corrected chi connectivity index (χ4v) is 5.90. The summed E-state index contributed by atoms with van der Waals surface area (Å²) in [5, 5.41) is 14.3. The molecule has 1 fully saturated rings. The predicted octanol–water partition coefficient (Wildman–Crippen LogP) is 4.40. The molecule has 1 aliphatic heterocycles. The van der Waals surface area contributed by atoms with Crippen molar-refractivity contribution in [1.29, 1.82) is 0 Å². The fraction of sp³-hybridized carbons (Fsp3) is 0.400. The number of rotatable bonds is 7. The number of halogens is 2. The summed E-state index contributed by atoms with van der Waals surface area (Å²) < 4.78 is 27.1. The zero-order valence-electron chi connectivity index (χ0n) is 17.0. The van der Waals surface area contributed by atoms with Gasteiger partial charge in [0.25, 0.3) is 0 Å². The molecule has 1 aromatic carbocycles. The van der Waals surface area contributed by atoms with E-state index in [-0.39, 0.29) is 11.8 Å². The molecule has 1 saturated heterocycles. The van der Waals surface area contributed by atoms with E-state index in [1.54, 1.807) is 28.6 Å². The number of aromatic nitrogens is 3. The van der Waals surface area contributed by atoms with Crippen molar-refractivity contribution in [3.8, 4) is 0 Å². The summed E-state index contributed by atoms with van der Waals surface area (Å²) in [6, 6.07) is 5.10. The van der Waals surface area contributed by atoms with E-state index in [1.807, 2.05) is 19.1 Å². The highest BCUT2D eigenvalue weighted by Crippen LogP contribution is 2.29. The second kappa shape index (κ2) is 9.20. The minimum absolute atomic E-state index is 0.0685. The third-order valence-electron chi connectivity index (χ3n) is 5.42. The first kappa shape index (κ1) is 22.1. The Bertz CT molecular complexity index is 1090. The normalized spacial score (nSPS) is 21.8. The van der Waals surface area contributed by atoms with Crippen LogP contribution in [0.15, 0.2) is 41.3 Å². The minimum Gasteiger partial charge on any atom is -0.354 e. The quantitative estimate of drug-likeness (QED) is 0.540. The molecular weight excluding hydrogens is 459 g/mol. The molecule has 166 valence electrons. The first-order valence-corrected chi connectivity index (χ1v) is 12.3. The monoisotopic (exact) mass is 482 g/mol. The van der Waals surface area contributed by atoms with Crippen LogP contribution in [0.3, 0.4) is 0 Å². The number of aromatic amines is 1. The lowest BCUT2D eigenvalue weighted by atomic mass is 9.90. The molecule has 2 aromatic rings. The maximum absolute atomic E-state index is 12.8. The van der Waals surface area contributed by atoms with Crippen LogP contribution in [-0.2, 0) is 10.0 Å². The first-order chi connectivity index (χ1) is 14.8. The second-order valence-corrected chi connectivity index (χ2v) is 10.5. The van der Waals surface area contributed by atoms with Crippen molar-refractivity contribution in [3.63, 3.8) is 0 Å². The Morgan fingerprint density at radius 1 is 1.19 bits per heavy atom. The molecule has 31 heavy (non-hydrogen) atoms. The smallest absolute Gasteiger partial charge is 0.248 e. The van der Waals surface area contributed by atoms with E-state index in [9.17, 15) is 8.42 Å². The fourth-order valence-electron chi connectivity index (χ4n) is 3.70. The molecule has 4 rings (SSSR count). The summed E-state index contributed by atoms with van der Waals surface area (Å²) >= 11 is 12.0. The Kier molecular flexibility index (Phi) is 6.57. The molecule has 2 unspecified atom stereocenters. The van der Waals surface area contributed by atoms with Crippen molar-refractivity contribution in [3.05, 3.63) is 51.4 Å². The van der Waals surface area contributed by atoms with Crippen LogP contribution in [-0.4, -0.2) is 47.5 Å². The van der Waals surface area contributed by atoms with E-state index in [0.29, 0.717) is 52.2 Å². The molecule has 0 bridgehead atoms. The van der Waals surface area contributed by atoms with Crippen LogP contribution < -0.4 is 10.6 Å². The number of anilines is 3. The van der Waals surface area contributed by atoms with Gasteiger partial charge in [0.15, 0.2) is 0 Å². The van der Waals surface area contributed by atoms with Crippen molar-refractivity contribution in [2.24, 2.45) is 11.8 Å². The van der Waals surface area contributed by atoms with Crippen molar-refractivity contribution in [1.82, 2.24) is 19.5 Å². The zero-order valence-corrected chi connectivity index (χ0v) is 19.3. The second-order valence-electron chi connectivity index (χ2n) is 7.73. The number of allylic oxidation sites excluding steroid dienone is 2. The molecule has 1 aromatic heterocycles. The van der Waals surface area contributed by atoms with E-state index < -0.39 is 10.0 Å². The van der Waals surface area contributed by atoms with Crippen LogP contribution in [0.25, 0.3) is 0 Å². The molecule has 11 heteroatoms. The van der Waals surface area contributed by atoms with E-state index in [1.165, 1.54) is 0 Å². The summed E-state index contributed by atoms with van der Waals surface area (Å²) in [6.07, 6.45) is 7.37. The van der Waals surface area contributed by atoms with Gasteiger partial charge in [0, 0.05) is 41.3 Å². The van der Waals surface area contributed by atoms with Crippen LogP contribution in [0.5, 0.6) is 0 Å². The number of hydrogen-bond acceptors (Lipinski definition) is 6. The van der Waals surface area contributed by atoms with Gasteiger partial charge in [-0.1, -0.05) is 42.3 Å². The summed E-state index contributed by atoms with van der Waals surface area (Å²) in [4.78, 5) is 4.76. The zero-order chi connectivity index (χ0) is 22.0. The van der Waals surface area contributed by atoms with Gasteiger partial charge in [-0.05, 0) is 43.0 Å². The van der Waals surface area contributed by atoms with Crippen LogP contribution in [0.1, 0.15) is 19.8 Å². The van der Waals surface area contributed by atoms with Crippen molar-refractivity contribution in [2.45, 2.75) is 19.8 Å². The number of hydrogen-bond donors (Lipinski definition) is 3. The molecule has 2 heterocycles. The molecule has 8 nitrogen and oxygen atoms in total. The molecule has 0 amide bonds. The average molecular weight is 483 g/mol. The van der Waals surface area contributed by atoms with Gasteiger partial charge in [0.2, 0.25) is 21.9 Å². The Labute approximate surface area is 191 Å². The van der Waals surface area contributed by atoms with Crippen LogP contribution in [0.4, 0.5) is 17.6 Å². The van der Waals surface area contributed by atoms with Crippen LogP contribution in [0.2, 0.25) is 10.0 Å². The van der Waals surface area contributed by atoms with Gasteiger partial charge in [-0.2, -0.15) is 9.29 Å². The molecule has 3 N–H and O–H groups in total. The lowest BCUT2D eigenvalue weighted by Gasteiger charge is -2.25. The van der Waals surface area contributed by atoms with Gasteiger partial charge in [0.05, 0.1) is 4.91 Å². The lowest BCUT2D eigenvalue weighted by Crippen LogP contribution is -2.30. The highest BCUT2D eigenvalue weighted by Gasteiger charge is 2.30. The van der Waals surface area contributed by atoms with Gasteiger partial charge < -0.3 is 10.6 Å². The van der Waals surface area contributed by atoms with Crippen LogP contribution >= 0.6 is 23.2 Å². The van der Waals surface area contributed by atoms with Crippen molar-refractivity contribution >= 4 is 50.8 Å². The minimum atomic E-state index is -3.39. The molecule has 0 saturated carbocycles. The Balaban J connectivity index is 1.34. The van der Waals surface area contributed by atoms with Crippen molar-refractivity contribution < 1.29 is 8.42 Å². The lowest BCUT2D eigenvalue weighted by molar-refractivity contribution is 0.480. The van der Waals surface area contributed by atoms with Crippen LogP contribution in [0, 0.1) is 11.8 Å².